The van der Waals surface area contributed by atoms with E-state index < -0.39 is 12.1 Å². The van der Waals surface area contributed by atoms with Crippen molar-refractivity contribution in [3.05, 3.63) is 90.5 Å². The van der Waals surface area contributed by atoms with E-state index in [9.17, 15) is 14.4 Å². The van der Waals surface area contributed by atoms with Gasteiger partial charge in [0.05, 0.1) is 0 Å². The molecule has 0 aliphatic carbocycles. The zero-order chi connectivity index (χ0) is 25.8. The lowest BCUT2D eigenvalue weighted by molar-refractivity contribution is -0.119. The Morgan fingerprint density at radius 2 is 1.50 bits per heavy atom. The molecule has 188 valence electrons. The van der Waals surface area contributed by atoms with Crippen molar-refractivity contribution in [3.8, 4) is 5.75 Å². The van der Waals surface area contributed by atoms with Crippen molar-refractivity contribution >= 4 is 29.3 Å². The first kappa shape index (κ1) is 26.3. The minimum Gasteiger partial charge on any atom is -0.484 e. The second kappa shape index (κ2) is 13.5. The second-order valence-corrected chi connectivity index (χ2v) is 8.29. The Hall–Kier alpha value is -4.33. The molecule has 0 aliphatic heterocycles. The van der Waals surface area contributed by atoms with Crippen molar-refractivity contribution in [1.29, 1.82) is 0 Å². The van der Waals surface area contributed by atoms with Gasteiger partial charge in [0.15, 0.2) is 6.61 Å². The molecule has 0 saturated heterocycles. The van der Waals surface area contributed by atoms with Gasteiger partial charge in [0.2, 0.25) is 5.91 Å². The van der Waals surface area contributed by atoms with Crippen LogP contribution in [0.25, 0.3) is 0 Å². The van der Waals surface area contributed by atoms with Crippen LogP contribution in [-0.2, 0) is 20.9 Å². The SMILES string of the molecule is CC[C@H](C)[C@H](NC(=O)OCc1ccccc1)C(=O)Nc1cccc(OCC(=O)Nc2ccccc2)c1. The maximum Gasteiger partial charge on any atom is 0.408 e. The molecule has 0 spiro atoms. The number of carbonyl (C=O) groups excluding carboxylic acids is 3. The van der Waals surface area contributed by atoms with Crippen molar-refractivity contribution in [2.75, 3.05) is 17.2 Å². The van der Waals surface area contributed by atoms with Crippen LogP contribution in [0, 0.1) is 5.92 Å². The van der Waals surface area contributed by atoms with Crippen LogP contribution in [-0.4, -0.2) is 30.6 Å². The number of ether oxygens (including phenoxy) is 2. The molecule has 2 atom stereocenters. The van der Waals surface area contributed by atoms with E-state index in [0.29, 0.717) is 23.5 Å². The molecule has 0 fully saturated rings. The minimum atomic E-state index is -0.792. The first-order valence-corrected chi connectivity index (χ1v) is 11.8. The predicted octanol–water partition coefficient (Wildman–Crippen LogP) is 4.98. The Kier molecular flexibility index (Phi) is 9.88. The molecule has 8 heteroatoms. The maximum absolute atomic E-state index is 13.0. The van der Waals surface area contributed by atoms with Crippen molar-refractivity contribution in [1.82, 2.24) is 5.32 Å². The van der Waals surface area contributed by atoms with Gasteiger partial charge in [-0.25, -0.2) is 4.79 Å². The number of benzene rings is 3. The Morgan fingerprint density at radius 3 is 2.19 bits per heavy atom. The van der Waals surface area contributed by atoms with Crippen LogP contribution >= 0.6 is 0 Å². The first-order chi connectivity index (χ1) is 17.4. The van der Waals surface area contributed by atoms with Crippen LogP contribution in [0.3, 0.4) is 0 Å². The highest BCUT2D eigenvalue weighted by Gasteiger charge is 2.26. The molecule has 36 heavy (non-hydrogen) atoms. The van der Waals surface area contributed by atoms with Crippen molar-refractivity contribution in [3.63, 3.8) is 0 Å². The predicted molar refractivity (Wildman–Crippen MR) is 139 cm³/mol. The number of anilines is 2. The quantitative estimate of drug-likeness (QED) is 0.352. The highest BCUT2D eigenvalue weighted by molar-refractivity contribution is 5.97. The average Bonchev–Trinajstić information content (AvgIpc) is 2.90. The van der Waals surface area contributed by atoms with Crippen LogP contribution < -0.4 is 20.7 Å². The molecule has 3 amide bonds. The summed E-state index contributed by atoms with van der Waals surface area (Å²) >= 11 is 0. The van der Waals surface area contributed by atoms with Crippen LogP contribution in [0.5, 0.6) is 5.75 Å². The van der Waals surface area contributed by atoms with Crippen molar-refractivity contribution in [2.24, 2.45) is 5.92 Å². The van der Waals surface area contributed by atoms with E-state index in [4.69, 9.17) is 9.47 Å². The van der Waals surface area contributed by atoms with Crippen LogP contribution in [0.1, 0.15) is 25.8 Å². The Labute approximate surface area is 211 Å². The molecule has 8 nitrogen and oxygen atoms in total. The first-order valence-electron chi connectivity index (χ1n) is 11.8. The summed E-state index contributed by atoms with van der Waals surface area (Å²) in [6.07, 6.45) is 0.0114. The summed E-state index contributed by atoms with van der Waals surface area (Å²) in [5.41, 5.74) is 2.01. The number of hydrogen-bond acceptors (Lipinski definition) is 5. The fourth-order valence-electron chi connectivity index (χ4n) is 3.34. The van der Waals surface area contributed by atoms with Crippen LogP contribution in [0.2, 0.25) is 0 Å². The Morgan fingerprint density at radius 1 is 0.833 bits per heavy atom. The van der Waals surface area contributed by atoms with E-state index in [-0.39, 0.29) is 30.9 Å². The standard InChI is InChI=1S/C28H31N3O5/c1-3-20(2)26(31-28(34)36-18-21-11-6-4-7-12-21)27(33)30-23-15-10-16-24(17-23)35-19-25(32)29-22-13-8-5-9-14-22/h4-17,20,26H,3,18-19H2,1-2H3,(H,29,32)(H,30,33)(H,31,34)/t20-,26-/m0/s1. The zero-order valence-corrected chi connectivity index (χ0v) is 20.4. The van der Waals surface area contributed by atoms with Crippen LogP contribution in [0.15, 0.2) is 84.9 Å². The van der Waals surface area contributed by atoms with Gasteiger partial charge in [-0.05, 0) is 35.7 Å². The molecule has 0 radical (unpaired) electrons. The molecular weight excluding hydrogens is 458 g/mol. The molecule has 0 unspecified atom stereocenters. The van der Waals surface area contributed by atoms with Gasteiger partial charge < -0.3 is 25.4 Å². The van der Waals surface area contributed by atoms with Crippen molar-refractivity contribution < 1.29 is 23.9 Å². The third kappa shape index (κ3) is 8.47. The van der Waals surface area contributed by atoms with E-state index >= 15 is 0 Å². The Bertz CT molecular complexity index is 1140. The Balaban J connectivity index is 1.54. The van der Waals surface area contributed by atoms with Crippen LogP contribution in [0.4, 0.5) is 16.2 Å². The molecule has 3 aromatic rings. The fraction of sp³-hybridized carbons (Fsp3) is 0.250. The monoisotopic (exact) mass is 489 g/mol. The zero-order valence-electron chi connectivity index (χ0n) is 20.4. The van der Waals surface area contributed by atoms with E-state index in [1.807, 2.05) is 62.4 Å². The summed E-state index contributed by atoms with van der Waals surface area (Å²) < 4.78 is 10.9. The summed E-state index contributed by atoms with van der Waals surface area (Å²) in [4.78, 5) is 37.5. The molecular formula is C28H31N3O5. The number of carbonyl (C=O) groups is 3. The summed E-state index contributed by atoms with van der Waals surface area (Å²) in [6, 6.07) is 24.3. The molecule has 0 saturated carbocycles. The topological polar surface area (TPSA) is 106 Å². The highest BCUT2D eigenvalue weighted by Crippen LogP contribution is 2.19. The number of rotatable bonds is 11. The van der Waals surface area contributed by atoms with E-state index in [0.717, 1.165) is 5.56 Å². The lowest BCUT2D eigenvalue weighted by Gasteiger charge is -2.23. The molecule has 3 rings (SSSR count). The minimum absolute atomic E-state index is 0.110. The summed E-state index contributed by atoms with van der Waals surface area (Å²) in [5.74, 6) is -0.382. The fourth-order valence-corrected chi connectivity index (χ4v) is 3.34. The number of alkyl carbamates (subject to hydrolysis) is 1. The molecule has 0 heterocycles. The summed E-state index contributed by atoms with van der Waals surface area (Å²) in [5, 5.41) is 8.24. The second-order valence-electron chi connectivity index (χ2n) is 8.29. The van der Waals surface area contributed by atoms with E-state index in [1.165, 1.54) is 0 Å². The smallest absolute Gasteiger partial charge is 0.408 e. The average molecular weight is 490 g/mol. The third-order valence-electron chi connectivity index (χ3n) is 5.51. The van der Waals surface area contributed by atoms with Gasteiger partial charge in [-0.1, -0.05) is 74.9 Å². The largest absolute Gasteiger partial charge is 0.484 e. The lowest BCUT2D eigenvalue weighted by atomic mass is 9.98. The van der Waals surface area contributed by atoms with Gasteiger partial charge in [-0.2, -0.15) is 0 Å². The molecule has 3 N–H and O–H groups in total. The van der Waals surface area contributed by atoms with Gasteiger partial charge in [0.1, 0.15) is 18.4 Å². The van der Waals surface area contributed by atoms with Crippen molar-refractivity contribution in [2.45, 2.75) is 32.9 Å². The summed E-state index contributed by atoms with van der Waals surface area (Å²) in [7, 11) is 0. The van der Waals surface area contributed by atoms with Gasteiger partial charge in [0.25, 0.3) is 5.91 Å². The van der Waals surface area contributed by atoms with Gasteiger partial charge >= 0.3 is 6.09 Å². The molecule has 0 aliphatic rings. The normalized spacial score (nSPS) is 12.1. The maximum atomic E-state index is 13.0. The summed E-state index contributed by atoms with van der Waals surface area (Å²) in [6.45, 7) is 3.75. The van der Waals surface area contributed by atoms with Gasteiger partial charge in [-0.15, -0.1) is 0 Å². The van der Waals surface area contributed by atoms with E-state index in [2.05, 4.69) is 16.0 Å². The molecule has 0 aromatic heterocycles. The number of para-hydroxylation sites is 1. The molecule has 3 aromatic carbocycles. The number of amides is 3. The number of hydrogen-bond donors (Lipinski definition) is 3. The number of nitrogens with one attached hydrogen (secondary N) is 3. The third-order valence-corrected chi connectivity index (χ3v) is 5.51. The van der Waals surface area contributed by atoms with E-state index in [1.54, 1.807) is 36.4 Å². The van der Waals surface area contributed by atoms with Gasteiger partial charge in [0, 0.05) is 17.4 Å². The molecule has 0 bridgehead atoms. The lowest BCUT2D eigenvalue weighted by Crippen LogP contribution is -2.47. The highest BCUT2D eigenvalue weighted by atomic mass is 16.5. The van der Waals surface area contributed by atoms with Gasteiger partial charge in [-0.3, -0.25) is 9.59 Å².